The highest BCUT2D eigenvalue weighted by Crippen LogP contribution is 2.23. The molecule has 0 radical (unpaired) electrons. The SMILES string of the molecule is COC(=O)C1CCN(c2ccc(O)cn2)CC1. The van der Waals surface area contributed by atoms with Crippen LogP contribution in [0.4, 0.5) is 5.82 Å². The Balaban J connectivity index is 1.95. The minimum Gasteiger partial charge on any atom is -0.506 e. The van der Waals surface area contributed by atoms with Crippen LogP contribution in [0.1, 0.15) is 12.8 Å². The van der Waals surface area contributed by atoms with Crippen LogP contribution >= 0.6 is 0 Å². The Morgan fingerprint density at radius 3 is 2.71 bits per heavy atom. The lowest BCUT2D eigenvalue weighted by atomic mass is 9.97. The number of ether oxygens (including phenoxy) is 1. The summed E-state index contributed by atoms with van der Waals surface area (Å²) in [6, 6.07) is 3.41. The van der Waals surface area contributed by atoms with Crippen molar-refractivity contribution in [2.24, 2.45) is 5.92 Å². The van der Waals surface area contributed by atoms with Gasteiger partial charge in [-0.1, -0.05) is 0 Å². The maximum absolute atomic E-state index is 11.4. The van der Waals surface area contributed by atoms with Gasteiger partial charge in [0.2, 0.25) is 0 Å². The maximum atomic E-state index is 11.4. The first kappa shape index (κ1) is 11.7. The Kier molecular flexibility index (Phi) is 3.46. The fourth-order valence-electron chi connectivity index (χ4n) is 2.08. The molecule has 0 aliphatic carbocycles. The molecule has 1 aromatic rings. The molecule has 0 aromatic carbocycles. The van der Waals surface area contributed by atoms with Gasteiger partial charge < -0.3 is 14.7 Å². The molecule has 2 heterocycles. The van der Waals surface area contributed by atoms with E-state index in [2.05, 4.69) is 9.88 Å². The molecule has 5 nitrogen and oxygen atoms in total. The van der Waals surface area contributed by atoms with Gasteiger partial charge in [-0.3, -0.25) is 4.79 Å². The largest absolute Gasteiger partial charge is 0.506 e. The van der Waals surface area contributed by atoms with Gasteiger partial charge >= 0.3 is 5.97 Å². The zero-order valence-electron chi connectivity index (χ0n) is 9.80. The monoisotopic (exact) mass is 236 g/mol. The third-order valence-electron chi connectivity index (χ3n) is 3.09. The third-order valence-corrected chi connectivity index (χ3v) is 3.09. The molecule has 1 saturated heterocycles. The molecule has 17 heavy (non-hydrogen) atoms. The lowest BCUT2D eigenvalue weighted by molar-refractivity contribution is -0.146. The van der Waals surface area contributed by atoms with Crippen molar-refractivity contribution in [1.82, 2.24) is 4.98 Å². The molecule has 0 atom stereocenters. The molecule has 1 N–H and O–H groups in total. The average Bonchev–Trinajstić information content (AvgIpc) is 2.39. The highest BCUT2D eigenvalue weighted by Gasteiger charge is 2.25. The number of anilines is 1. The summed E-state index contributed by atoms with van der Waals surface area (Å²) in [5.74, 6) is 0.890. The maximum Gasteiger partial charge on any atom is 0.308 e. The molecule has 92 valence electrons. The Hall–Kier alpha value is -1.78. The molecular weight excluding hydrogens is 220 g/mol. The second kappa shape index (κ2) is 5.03. The first-order chi connectivity index (χ1) is 8.20. The highest BCUT2D eigenvalue weighted by atomic mass is 16.5. The number of esters is 1. The lowest BCUT2D eigenvalue weighted by Crippen LogP contribution is -2.37. The van der Waals surface area contributed by atoms with E-state index in [0.29, 0.717) is 0 Å². The van der Waals surface area contributed by atoms with Crippen LogP contribution in [0.25, 0.3) is 0 Å². The molecule has 0 spiro atoms. The molecule has 1 aromatic heterocycles. The van der Waals surface area contributed by atoms with Crippen LogP contribution in [0.15, 0.2) is 18.3 Å². The minimum atomic E-state index is -0.122. The van der Waals surface area contributed by atoms with Crippen molar-refractivity contribution in [3.8, 4) is 5.75 Å². The highest BCUT2D eigenvalue weighted by molar-refractivity contribution is 5.72. The first-order valence-electron chi connectivity index (χ1n) is 5.68. The molecule has 0 unspecified atom stereocenters. The Morgan fingerprint density at radius 2 is 2.18 bits per heavy atom. The number of rotatable bonds is 2. The van der Waals surface area contributed by atoms with E-state index in [0.717, 1.165) is 31.7 Å². The number of nitrogens with zero attached hydrogens (tertiary/aromatic N) is 2. The van der Waals surface area contributed by atoms with Crippen LogP contribution in [-0.2, 0) is 9.53 Å². The predicted octanol–water partition coefficient (Wildman–Crippen LogP) is 1.18. The molecule has 5 heteroatoms. The number of piperidine rings is 1. The van der Waals surface area contributed by atoms with E-state index in [4.69, 9.17) is 9.84 Å². The van der Waals surface area contributed by atoms with E-state index >= 15 is 0 Å². The van der Waals surface area contributed by atoms with Crippen molar-refractivity contribution in [2.75, 3.05) is 25.1 Å². The van der Waals surface area contributed by atoms with E-state index in [-0.39, 0.29) is 17.6 Å². The molecular formula is C12H16N2O3. The van der Waals surface area contributed by atoms with Crippen molar-refractivity contribution in [3.63, 3.8) is 0 Å². The van der Waals surface area contributed by atoms with E-state index in [1.165, 1.54) is 13.3 Å². The van der Waals surface area contributed by atoms with Crippen molar-refractivity contribution < 1.29 is 14.6 Å². The van der Waals surface area contributed by atoms with Crippen LogP contribution in [-0.4, -0.2) is 36.3 Å². The van der Waals surface area contributed by atoms with E-state index < -0.39 is 0 Å². The fourth-order valence-corrected chi connectivity index (χ4v) is 2.08. The van der Waals surface area contributed by atoms with Crippen LogP contribution in [0.2, 0.25) is 0 Å². The van der Waals surface area contributed by atoms with E-state index in [9.17, 15) is 4.79 Å². The van der Waals surface area contributed by atoms with Gasteiger partial charge in [0.1, 0.15) is 11.6 Å². The zero-order valence-corrected chi connectivity index (χ0v) is 9.80. The van der Waals surface area contributed by atoms with Crippen molar-refractivity contribution in [3.05, 3.63) is 18.3 Å². The Morgan fingerprint density at radius 1 is 1.47 bits per heavy atom. The van der Waals surface area contributed by atoms with Gasteiger partial charge in [0.05, 0.1) is 19.2 Å². The molecule has 0 amide bonds. The van der Waals surface area contributed by atoms with Gasteiger partial charge in [0, 0.05) is 13.1 Å². The normalized spacial score (nSPS) is 16.9. The third kappa shape index (κ3) is 2.67. The van der Waals surface area contributed by atoms with Crippen LogP contribution < -0.4 is 4.90 Å². The second-order valence-corrected chi connectivity index (χ2v) is 4.16. The molecule has 1 fully saturated rings. The number of carbonyl (C=O) groups excluding carboxylic acids is 1. The number of hydrogen-bond acceptors (Lipinski definition) is 5. The second-order valence-electron chi connectivity index (χ2n) is 4.16. The average molecular weight is 236 g/mol. The molecule has 0 bridgehead atoms. The first-order valence-corrected chi connectivity index (χ1v) is 5.68. The van der Waals surface area contributed by atoms with Gasteiger partial charge in [-0.05, 0) is 25.0 Å². The number of pyridine rings is 1. The van der Waals surface area contributed by atoms with Gasteiger partial charge in [-0.25, -0.2) is 4.98 Å². The number of aromatic nitrogens is 1. The molecule has 1 aliphatic rings. The summed E-state index contributed by atoms with van der Waals surface area (Å²) in [5, 5.41) is 9.16. The topological polar surface area (TPSA) is 62.7 Å². The Bertz CT molecular complexity index is 383. The number of hydrogen-bond donors (Lipinski definition) is 1. The summed E-state index contributed by atoms with van der Waals surface area (Å²) in [4.78, 5) is 17.6. The molecule has 0 saturated carbocycles. The van der Waals surface area contributed by atoms with E-state index in [1.54, 1.807) is 12.1 Å². The summed E-state index contributed by atoms with van der Waals surface area (Å²) < 4.78 is 4.74. The number of carbonyl (C=O) groups is 1. The van der Waals surface area contributed by atoms with Gasteiger partial charge in [-0.2, -0.15) is 0 Å². The summed E-state index contributed by atoms with van der Waals surface area (Å²) in [5.41, 5.74) is 0. The number of aromatic hydroxyl groups is 1. The Labute approximate surface area is 100 Å². The van der Waals surface area contributed by atoms with Crippen LogP contribution in [0, 0.1) is 5.92 Å². The fraction of sp³-hybridized carbons (Fsp3) is 0.500. The predicted molar refractivity (Wildman–Crippen MR) is 62.9 cm³/mol. The van der Waals surface area contributed by atoms with Gasteiger partial charge in [-0.15, -0.1) is 0 Å². The summed E-state index contributed by atoms with van der Waals surface area (Å²) in [6.07, 6.45) is 3.01. The van der Waals surface area contributed by atoms with Crippen molar-refractivity contribution in [1.29, 1.82) is 0 Å². The minimum absolute atomic E-state index is 0.00775. The standard InChI is InChI=1S/C12H16N2O3/c1-17-12(16)9-4-6-14(7-5-9)11-3-2-10(15)8-13-11/h2-3,8-9,15H,4-7H2,1H3. The van der Waals surface area contributed by atoms with Crippen LogP contribution in [0.5, 0.6) is 5.75 Å². The van der Waals surface area contributed by atoms with Crippen molar-refractivity contribution >= 4 is 11.8 Å². The zero-order chi connectivity index (χ0) is 12.3. The lowest BCUT2D eigenvalue weighted by Gasteiger charge is -2.31. The van der Waals surface area contributed by atoms with Crippen LogP contribution in [0.3, 0.4) is 0 Å². The number of methoxy groups -OCH3 is 1. The quantitative estimate of drug-likeness (QED) is 0.781. The van der Waals surface area contributed by atoms with E-state index in [1.807, 2.05) is 0 Å². The molecule has 2 rings (SSSR count). The summed E-state index contributed by atoms with van der Waals surface area (Å²) in [6.45, 7) is 1.58. The summed E-state index contributed by atoms with van der Waals surface area (Å²) >= 11 is 0. The smallest absolute Gasteiger partial charge is 0.308 e. The van der Waals surface area contributed by atoms with Gasteiger partial charge in [0.25, 0.3) is 0 Å². The summed E-state index contributed by atoms with van der Waals surface area (Å²) in [7, 11) is 1.43. The van der Waals surface area contributed by atoms with Crippen molar-refractivity contribution in [2.45, 2.75) is 12.8 Å². The van der Waals surface area contributed by atoms with Gasteiger partial charge in [0.15, 0.2) is 0 Å². The molecule has 1 aliphatic heterocycles.